The van der Waals surface area contributed by atoms with Crippen LogP contribution in [0.25, 0.3) is 0 Å². The van der Waals surface area contributed by atoms with E-state index in [2.05, 4.69) is 0 Å². The molecule has 2 N–H and O–H groups in total. The number of rotatable bonds is 2. The lowest BCUT2D eigenvalue weighted by Gasteiger charge is -2.23. The summed E-state index contributed by atoms with van der Waals surface area (Å²) in [4.78, 5) is 28.4. The highest BCUT2D eigenvalue weighted by molar-refractivity contribution is 6.00. The van der Waals surface area contributed by atoms with E-state index >= 15 is 0 Å². The molecule has 4 rings (SSSR count). The molecule has 3 aliphatic heterocycles. The minimum atomic E-state index is -0.295. The summed E-state index contributed by atoms with van der Waals surface area (Å²) < 4.78 is 11.1. The van der Waals surface area contributed by atoms with Crippen LogP contribution in [-0.2, 0) is 9.59 Å². The van der Waals surface area contributed by atoms with Crippen molar-refractivity contribution in [2.45, 2.75) is 18.9 Å². The maximum absolute atomic E-state index is 12.6. The van der Waals surface area contributed by atoms with E-state index in [-0.39, 0.29) is 30.2 Å². The number of carbonyl (C=O) groups is 2. The smallest absolute Gasteiger partial charge is 0.228 e. The van der Waals surface area contributed by atoms with Gasteiger partial charge in [-0.25, -0.2) is 0 Å². The molecule has 2 fully saturated rings. The molecular weight excluding hydrogens is 310 g/mol. The number of likely N-dealkylation sites (tertiary alicyclic amines) is 1. The number of fused-ring (bicyclic) bond motifs is 1. The highest BCUT2D eigenvalue weighted by Crippen LogP contribution is 2.36. The van der Waals surface area contributed by atoms with Gasteiger partial charge in [0, 0.05) is 43.9 Å². The minimum absolute atomic E-state index is 0.0338. The second-order valence-electron chi connectivity index (χ2n) is 6.57. The first-order valence-corrected chi connectivity index (χ1v) is 8.36. The SMILES string of the molecule is N[C@@H]1CCN(C(=O)C2CC(=O)N(c3ccc4c(c3)OCCO4)C2)C1. The number of hydrogen-bond donors (Lipinski definition) is 1. The van der Waals surface area contributed by atoms with Crippen LogP contribution in [0.4, 0.5) is 5.69 Å². The van der Waals surface area contributed by atoms with Crippen molar-refractivity contribution in [2.75, 3.05) is 37.7 Å². The van der Waals surface area contributed by atoms with Crippen molar-refractivity contribution < 1.29 is 19.1 Å². The van der Waals surface area contributed by atoms with Crippen molar-refractivity contribution in [3.63, 3.8) is 0 Å². The Labute approximate surface area is 140 Å². The fraction of sp³-hybridized carbons (Fsp3) is 0.529. The second kappa shape index (κ2) is 5.98. The first-order chi connectivity index (χ1) is 11.6. The molecule has 1 aromatic carbocycles. The third-order valence-electron chi connectivity index (χ3n) is 4.85. The first-order valence-electron chi connectivity index (χ1n) is 8.36. The third kappa shape index (κ3) is 2.69. The average molecular weight is 331 g/mol. The minimum Gasteiger partial charge on any atom is -0.486 e. The number of benzene rings is 1. The molecule has 128 valence electrons. The molecule has 2 amide bonds. The van der Waals surface area contributed by atoms with E-state index in [9.17, 15) is 9.59 Å². The van der Waals surface area contributed by atoms with Crippen molar-refractivity contribution in [3.05, 3.63) is 18.2 Å². The molecule has 0 spiro atoms. The van der Waals surface area contributed by atoms with Gasteiger partial charge in [-0.1, -0.05) is 0 Å². The molecule has 2 atom stereocenters. The molecule has 2 saturated heterocycles. The summed E-state index contributed by atoms with van der Waals surface area (Å²) in [5.74, 6) is 1.04. The molecule has 0 radical (unpaired) electrons. The summed E-state index contributed by atoms with van der Waals surface area (Å²) >= 11 is 0. The molecule has 24 heavy (non-hydrogen) atoms. The fourth-order valence-electron chi connectivity index (χ4n) is 3.57. The van der Waals surface area contributed by atoms with E-state index in [4.69, 9.17) is 15.2 Å². The molecule has 7 heteroatoms. The quantitative estimate of drug-likeness (QED) is 0.846. The van der Waals surface area contributed by atoms with Gasteiger partial charge in [-0.2, -0.15) is 0 Å². The molecule has 1 aromatic rings. The first kappa shape index (κ1) is 15.3. The Bertz CT molecular complexity index is 678. The number of carbonyl (C=O) groups excluding carboxylic acids is 2. The molecule has 0 aromatic heterocycles. The fourth-order valence-corrected chi connectivity index (χ4v) is 3.57. The van der Waals surface area contributed by atoms with Crippen LogP contribution in [0, 0.1) is 5.92 Å². The van der Waals surface area contributed by atoms with Gasteiger partial charge >= 0.3 is 0 Å². The van der Waals surface area contributed by atoms with Gasteiger partial charge in [0.2, 0.25) is 11.8 Å². The van der Waals surface area contributed by atoms with Gasteiger partial charge in [0.25, 0.3) is 0 Å². The van der Waals surface area contributed by atoms with Gasteiger partial charge in [-0.05, 0) is 18.6 Å². The topological polar surface area (TPSA) is 85.1 Å². The van der Waals surface area contributed by atoms with Crippen molar-refractivity contribution in [1.82, 2.24) is 4.90 Å². The van der Waals surface area contributed by atoms with Crippen molar-refractivity contribution in [2.24, 2.45) is 11.7 Å². The van der Waals surface area contributed by atoms with Gasteiger partial charge in [0.05, 0.1) is 5.92 Å². The zero-order valence-electron chi connectivity index (χ0n) is 13.4. The van der Waals surface area contributed by atoms with Crippen LogP contribution in [0.15, 0.2) is 18.2 Å². The van der Waals surface area contributed by atoms with Crippen LogP contribution in [0.2, 0.25) is 0 Å². The molecule has 3 heterocycles. The Hall–Kier alpha value is -2.28. The zero-order chi connectivity index (χ0) is 16.7. The predicted octanol–water partition coefficient (Wildman–Crippen LogP) is 0.370. The van der Waals surface area contributed by atoms with Crippen molar-refractivity contribution >= 4 is 17.5 Å². The van der Waals surface area contributed by atoms with E-state index in [0.717, 1.165) is 12.1 Å². The summed E-state index contributed by atoms with van der Waals surface area (Å²) in [7, 11) is 0. The highest BCUT2D eigenvalue weighted by Gasteiger charge is 2.38. The molecule has 3 aliphatic rings. The van der Waals surface area contributed by atoms with Gasteiger partial charge in [0.15, 0.2) is 11.5 Å². The average Bonchev–Trinajstić information content (AvgIpc) is 3.20. The second-order valence-corrected chi connectivity index (χ2v) is 6.57. The summed E-state index contributed by atoms with van der Waals surface area (Å²) in [6.07, 6.45) is 1.08. The van der Waals surface area contributed by atoms with Gasteiger partial charge in [0.1, 0.15) is 13.2 Å². The molecule has 7 nitrogen and oxygen atoms in total. The highest BCUT2D eigenvalue weighted by atomic mass is 16.6. The molecule has 0 saturated carbocycles. The van der Waals surface area contributed by atoms with Crippen LogP contribution >= 0.6 is 0 Å². The number of hydrogen-bond acceptors (Lipinski definition) is 5. The van der Waals surface area contributed by atoms with E-state index in [1.165, 1.54) is 0 Å². The molecular formula is C17H21N3O4. The standard InChI is InChI=1S/C17H21N3O4/c18-12-3-4-19(10-12)17(22)11-7-16(21)20(9-11)13-1-2-14-15(8-13)24-6-5-23-14/h1-2,8,11-12H,3-7,9-10,18H2/t11?,12-/m1/s1. The van der Waals surface area contributed by atoms with Crippen LogP contribution in [0.3, 0.4) is 0 Å². The normalized spacial score (nSPS) is 26.1. The van der Waals surface area contributed by atoms with Gasteiger partial charge < -0.3 is 25.0 Å². The Morgan fingerprint density at radius 2 is 1.96 bits per heavy atom. The number of nitrogens with zero attached hydrogens (tertiary/aromatic N) is 2. The maximum Gasteiger partial charge on any atom is 0.228 e. The predicted molar refractivity (Wildman–Crippen MR) is 87.1 cm³/mol. The van der Waals surface area contributed by atoms with Crippen molar-refractivity contribution in [3.8, 4) is 11.5 Å². The number of amides is 2. The van der Waals surface area contributed by atoms with Gasteiger partial charge in [-0.3, -0.25) is 9.59 Å². The van der Waals surface area contributed by atoms with Crippen LogP contribution in [-0.4, -0.2) is 55.6 Å². The Balaban J connectivity index is 1.49. The maximum atomic E-state index is 12.6. The van der Waals surface area contributed by atoms with E-state index in [0.29, 0.717) is 44.3 Å². The molecule has 1 unspecified atom stereocenters. The summed E-state index contributed by atoms with van der Waals surface area (Å²) in [6, 6.07) is 5.51. The van der Waals surface area contributed by atoms with Crippen LogP contribution < -0.4 is 20.1 Å². The Morgan fingerprint density at radius 3 is 2.71 bits per heavy atom. The Kier molecular flexibility index (Phi) is 3.80. The van der Waals surface area contributed by atoms with E-state index < -0.39 is 0 Å². The number of anilines is 1. The zero-order valence-corrected chi connectivity index (χ0v) is 13.4. The number of nitrogens with two attached hydrogens (primary N) is 1. The molecule has 0 bridgehead atoms. The van der Waals surface area contributed by atoms with E-state index in [1.807, 2.05) is 18.2 Å². The number of ether oxygens (including phenoxy) is 2. The van der Waals surface area contributed by atoms with Crippen LogP contribution in [0.5, 0.6) is 11.5 Å². The summed E-state index contributed by atoms with van der Waals surface area (Å²) in [5, 5.41) is 0. The third-order valence-corrected chi connectivity index (χ3v) is 4.85. The lowest BCUT2D eigenvalue weighted by Crippen LogP contribution is -2.37. The van der Waals surface area contributed by atoms with Crippen molar-refractivity contribution in [1.29, 1.82) is 0 Å². The Morgan fingerprint density at radius 1 is 1.17 bits per heavy atom. The largest absolute Gasteiger partial charge is 0.486 e. The van der Waals surface area contributed by atoms with Crippen LogP contribution in [0.1, 0.15) is 12.8 Å². The van der Waals surface area contributed by atoms with E-state index in [1.54, 1.807) is 9.80 Å². The van der Waals surface area contributed by atoms with Gasteiger partial charge in [-0.15, -0.1) is 0 Å². The summed E-state index contributed by atoms with van der Waals surface area (Å²) in [6.45, 7) is 2.72. The monoisotopic (exact) mass is 331 g/mol. The summed E-state index contributed by atoms with van der Waals surface area (Å²) in [5.41, 5.74) is 6.62. The molecule has 0 aliphatic carbocycles. The lowest BCUT2D eigenvalue weighted by atomic mass is 10.1. The lowest BCUT2D eigenvalue weighted by molar-refractivity contribution is -0.134.